The molecule has 1 aromatic rings. The van der Waals surface area contributed by atoms with Crippen LogP contribution >= 0.6 is 22.6 Å². The maximum Gasteiger partial charge on any atom is 1.00 e. The van der Waals surface area contributed by atoms with Crippen molar-refractivity contribution in [3.8, 4) is 12.3 Å². The number of Topliss-reactive ketones (excluding diaryl/α,β-unsaturated/α-hetero) is 1. The minimum Gasteiger partial charge on any atom is -0.775 e. The standard InChI is InChI=1S/C24H33IN2O.C4H8O.C2H4.K/c1-8-13-22(26-7)19(11-4)16-27(24(28)12-5)23-14-17(6)21(25)15-20(23)18(9-2)10-3;1-3-4(2)5;1-2;/h5,14-16,18H,8-11,13H2,1-4,6-7H3;3H2,1-2H3;1-2H2;/q-2;;;+1/b22-19-;;;. The van der Waals surface area contributed by atoms with E-state index in [9.17, 15) is 9.59 Å². The van der Waals surface area contributed by atoms with Crippen LogP contribution in [0.3, 0.4) is 0 Å². The number of hydrogen-bond donors (Lipinski definition) is 0. The third-order valence-electron chi connectivity index (χ3n) is 5.63. The second-order valence-electron chi connectivity index (χ2n) is 7.98. The number of aryl methyl sites for hydroxylation is 1. The van der Waals surface area contributed by atoms with Crippen LogP contribution in [0.1, 0.15) is 97.1 Å². The normalized spacial score (nSPS) is 10.2. The Bertz CT molecular complexity index is 870. The summed E-state index contributed by atoms with van der Waals surface area (Å²) in [6.45, 7) is 22.0. The number of amides is 1. The molecule has 0 bridgehead atoms. The average Bonchev–Trinajstić information content (AvgIpc) is 2.87. The number of rotatable bonds is 11. The van der Waals surface area contributed by atoms with Gasteiger partial charge in [-0.2, -0.15) is 7.05 Å². The third kappa shape index (κ3) is 13.8. The van der Waals surface area contributed by atoms with Gasteiger partial charge in [-0.05, 0) is 84.4 Å². The second-order valence-corrected chi connectivity index (χ2v) is 9.14. The van der Waals surface area contributed by atoms with Crippen molar-refractivity contribution in [1.82, 2.24) is 0 Å². The number of hydrogen-bond acceptors (Lipinski definition) is 2. The fourth-order valence-corrected chi connectivity index (χ4v) is 3.92. The van der Waals surface area contributed by atoms with Crippen LogP contribution in [-0.4, -0.2) is 18.7 Å². The van der Waals surface area contributed by atoms with E-state index in [2.05, 4.69) is 93.7 Å². The molecule has 36 heavy (non-hydrogen) atoms. The summed E-state index contributed by atoms with van der Waals surface area (Å²) in [4.78, 5) is 24.3. The van der Waals surface area contributed by atoms with Gasteiger partial charge >= 0.3 is 51.4 Å². The zero-order valence-electron chi connectivity index (χ0n) is 24.1. The van der Waals surface area contributed by atoms with E-state index < -0.39 is 0 Å². The van der Waals surface area contributed by atoms with Gasteiger partial charge in [-0.15, -0.1) is 32.5 Å². The number of benzene rings is 1. The van der Waals surface area contributed by atoms with Gasteiger partial charge in [-0.3, -0.25) is 4.79 Å². The van der Waals surface area contributed by atoms with E-state index in [0.29, 0.717) is 12.3 Å². The molecule has 1 amide bonds. The molecule has 0 atom stereocenters. The number of nitrogens with zero attached hydrogens (tertiary/aromatic N) is 2. The summed E-state index contributed by atoms with van der Waals surface area (Å²) < 4.78 is 1.21. The van der Waals surface area contributed by atoms with Gasteiger partial charge in [-0.25, -0.2) is 5.57 Å². The van der Waals surface area contributed by atoms with Crippen molar-refractivity contribution in [2.45, 2.75) is 92.9 Å². The van der Waals surface area contributed by atoms with Crippen molar-refractivity contribution in [3.63, 3.8) is 0 Å². The molecule has 1 aromatic carbocycles. The molecule has 1 rings (SSSR count). The Morgan fingerprint density at radius 2 is 1.67 bits per heavy atom. The number of terminal acetylenes is 1. The van der Waals surface area contributed by atoms with Crippen molar-refractivity contribution in [3.05, 3.63) is 63.1 Å². The Labute approximate surface area is 278 Å². The van der Waals surface area contributed by atoms with Gasteiger partial charge in [0.2, 0.25) is 0 Å². The molecule has 0 radical (unpaired) electrons. The van der Waals surface area contributed by atoms with Crippen LogP contribution < -0.4 is 56.3 Å². The molecule has 0 saturated heterocycles. The number of ketones is 1. The molecule has 0 aromatic heterocycles. The third-order valence-corrected chi connectivity index (χ3v) is 6.79. The topological polar surface area (TPSA) is 51.5 Å². The first kappa shape index (κ1) is 39.9. The number of allylic oxidation sites excluding steroid dienone is 1. The largest absolute Gasteiger partial charge is 1.00 e. The van der Waals surface area contributed by atoms with E-state index >= 15 is 0 Å². The smallest absolute Gasteiger partial charge is 0.775 e. The fourth-order valence-electron chi connectivity index (χ4n) is 3.43. The summed E-state index contributed by atoms with van der Waals surface area (Å²) in [7, 11) is 1.81. The van der Waals surface area contributed by atoms with Gasteiger partial charge in [0.1, 0.15) is 5.78 Å². The van der Waals surface area contributed by atoms with Gasteiger partial charge in [0.25, 0.3) is 5.91 Å². The number of anilines is 1. The summed E-state index contributed by atoms with van der Waals surface area (Å²) in [5.74, 6) is 2.61. The molecule has 0 fully saturated rings. The summed E-state index contributed by atoms with van der Waals surface area (Å²) >= 11 is 2.36. The quantitative estimate of drug-likeness (QED) is 0.101. The van der Waals surface area contributed by atoms with Crippen LogP contribution in [0, 0.1) is 29.4 Å². The van der Waals surface area contributed by atoms with Gasteiger partial charge < -0.3 is 20.7 Å². The Kier molecular flexibility index (Phi) is 26.1. The number of carbonyl (C=O) groups excluding carboxylic acids is 2. The average molecular weight is 632 g/mol. The van der Waals surface area contributed by atoms with E-state index in [1.165, 1.54) is 9.13 Å². The molecule has 4 nitrogen and oxygen atoms in total. The van der Waals surface area contributed by atoms with Crippen LogP contribution in [0.2, 0.25) is 0 Å². The zero-order valence-corrected chi connectivity index (χ0v) is 29.4. The molecule has 0 aliphatic heterocycles. The molecule has 0 saturated carbocycles. The first-order valence-electron chi connectivity index (χ1n) is 12.4. The first-order chi connectivity index (χ1) is 16.6. The number of carbonyl (C=O) groups is 2. The Hall–Kier alpha value is -0.564. The molecule has 0 aliphatic carbocycles. The maximum absolute atomic E-state index is 12.8. The summed E-state index contributed by atoms with van der Waals surface area (Å²) in [6.07, 6.45) is 10.9. The molecule has 196 valence electrons. The Morgan fingerprint density at radius 1 is 1.14 bits per heavy atom. The van der Waals surface area contributed by atoms with Gasteiger partial charge in [-0.1, -0.05) is 47.5 Å². The van der Waals surface area contributed by atoms with Crippen LogP contribution in [0.15, 0.2) is 36.6 Å². The Balaban J connectivity index is -0.00000121. The van der Waals surface area contributed by atoms with Crippen LogP contribution in [0.25, 0.3) is 5.32 Å². The molecule has 6 heteroatoms. The summed E-state index contributed by atoms with van der Waals surface area (Å²) in [5, 5.41) is 4.46. The maximum atomic E-state index is 12.8. The van der Waals surface area contributed by atoms with Crippen molar-refractivity contribution in [2.75, 3.05) is 11.9 Å². The van der Waals surface area contributed by atoms with Crippen LogP contribution in [-0.2, 0) is 9.59 Å². The van der Waals surface area contributed by atoms with Gasteiger partial charge in [0.15, 0.2) is 0 Å². The van der Waals surface area contributed by atoms with E-state index in [1.54, 1.807) is 11.8 Å². The predicted octanol–water partition coefficient (Wildman–Crippen LogP) is 5.89. The molecule has 0 aliphatic rings. The summed E-state index contributed by atoms with van der Waals surface area (Å²) in [5.41, 5.74) is 5.31. The summed E-state index contributed by atoms with van der Waals surface area (Å²) in [6, 6.07) is 4.30. The molecular formula is C30H45IKN2O2-. The Morgan fingerprint density at radius 3 is 2.03 bits per heavy atom. The van der Waals surface area contributed by atoms with E-state index in [4.69, 9.17) is 6.42 Å². The monoisotopic (exact) mass is 631 g/mol. The van der Waals surface area contributed by atoms with Crippen molar-refractivity contribution in [2.24, 2.45) is 0 Å². The van der Waals surface area contributed by atoms with Crippen molar-refractivity contribution < 1.29 is 61.0 Å². The minimum absolute atomic E-state index is 0. The zero-order chi connectivity index (χ0) is 27.6. The molecular weight excluding hydrogens is 586 g/mol. The van der Waals surface area contributed by atoms with Crippen LogP contribution in [0.5, 0.6) is 0 Å². The van der Waals surface area contributed by atoms with E-state index in [-0.39, 0.29) is 63.1 Å². The predicted molar refractivity (Wildman–Crippen MR) is 162 cm³/mol. The van der Waals surface area contributed by atoms with Crippen molar-refractivity contribution >= 4 is 40.0 Å². The van der Waals surface area contributed by atoms with Crippen molar-refractivity contribution in [1.29, 1.82) is 0 Å². The first-order valence-corrected chi connectivity index (χ1v) is 13.5. The second kappa shape index (κ2) is 23.5. The van der Waals surface area contributed by atoms with E-state index in [1.807, 2.05) is 20.5 Å². The van der Waals surface area contributed by atoms with E-state index in [0.717, 1.165) is 54.6 Å². The minimum atomic E-state index is -0.342. The molecule has 0 unspecified atom stereocenters. The number of halogens is 1. The molecule has 0 heterocycles. The molecule has 0 N–H and O–H groups in total. The fraction of sp³-hybridized carbons (Fsp3) is 0.500. The van der Waals surface area contributed by atoms with Gasteiger partial charge in [0.05, 0.1) is 0 Å². The van der Waals surface area contributed by atoms with Gasteiger partial charge in [0, 0.05) is 15.7 Å². The molecule has 0 spiro atoms. The SMILES string of the molecule is C#CC(=O)N([CH-]/C(CC)=C(/CCC)[N-]C)c1cc(C)c(I)cc1C(CC)CC.C=C.CCC(C)=O.[K+]. The van der Waals surface area contributed by atoms with Crippen LogP contribution in [0.4, 0.5) is 5.69 Å².